The minimum Gasteiger partial charge on any atom is -0.500 e. The lowest BCUT2D eigenvalue weighted by Gasteiger charge is -2.46. The van der Waals surface area contributed by atoms with Gasteiger partial charge in [-0.3, -0.25) is 14.9 Å². The number of alkyl halides is 3. The Labute approximate surface area is 184 Å². The smallest absolute Gasteiger partial charge is 0.437 e. The fourth-order valence-electron chi connectivity index (χ4n) is 3.49. The number of ether oxygens (including phenoxy) is 1. The van der Waals surface area contributed by atoms with E-state index in [9.17, 15) is 38.3 Å². The van der Waals surface area contributed by atoms with E-state index < -0.39 is 56.9 Å². The quantitative estimate of drug-likeness (QED) is 0.225. The zero-order valence-corrected chi connectivity index (χ0v) is 17.0. The van der Waals surface area contributed by atoms with E-state index in [1.807, 2.05) is 0 Å². The first-order valence-corrected chi connectivity index (χ1v) is 9.34. The number of methoxy groups -OCH3 is 1. The summed E-state index contributed by atoms with van der Waals surface area (Å²) in [5, 5.41) is 35.6. The second-order valence-corrected chi connectivity index (χ2v) is 7.30. The number of aliphatic hydroxyl groups is 1. The van der Waals surface area contributed by atoms with Crippen molar-refractivity contribution in [2.45, 2.75) is 17.9 Å². The van der Waals surface area contributed by atoms with E-state index in [-0.39, 0.29) is 11.1 Å². The van der Waals surface area contributed by atoms with Crippen LogP contribution in [0, 0.1) is 16.0 Å². The summed E-state index contributed by atoms with van der Waals surface area (Å²) in [5.41, 5.74) is -5.05. The molecule has 170 valence electrons. The maximum atomic E-state index is 14.0. The highest BCUT2D eigenvalue weighted by Gasteiger charge is 2.65. The van der Waals surface area contributed by atoms with E-state index in [1.165, 1.54) is 24.3 Å². The summed E-state index contributed by atoms with van der Waals surface area (Å²) in [5.74, 6) is -4.63. The fraction of sp³-hybridized carbons (Fsp3) is 0.263. The maximum absolute atomic E-state index is 14.0. The molecule has 3 atom stereocenters. The van der Waals surface area contributed by atoms with Crippen molar-refractivity contribution in [3.05, 3.63) is 63.7 Å². The van der Waals surface area contributed by atoms with Crippen LogP contribution in [0.1, 0.15) is 22.0 Å². The van der Waals surface area contributed by atoms with Crippen molar-refractivity contribution < 1.29 is 37.8 Å². The molecule has 1 aliphatic heterocycles. The van der Waals surface area contributed by atoms with Crippen molar-refractivity contribution in [2.75, 3.05) is 7.11 Å². The van der Waals surface area contributed by atoms with Gasteiger partial charge in [-0.15, -0.1) is 0 Å². The molecule has 9 nitrogen and oxygen atoms in total. The van der Waals surface area contributed by atoms with E-state index >= 15 is 0 Å². The normalized spacial score (nSPS) is 23.1. The fourth-order valence-corrected chi connectivity index (χ4v) is 3.77. The molecule has 1 aliphatic rings. The molecule has 0 bridgehead atoms. The summed E-state index contributed by atoms with van der Waals surface area (Å²) in [4.78, 5) is 23.6. The van der Waals surface area contributed by atoms with E-state index in [4.69, 9.17) is 17.0 Å². The number of thiocarbonyl (C=S) groups is 1. The number of nitro benzene ring substituents is 1. The molecule has 0 aromatic heterocycles. The van der Waals surface area contributed by atoms with Gasteiger partial charge in [-0.1, -0.05) is 30.3 Å². The topological polar surface area (TPSA) is 134 Å². The summed E-state index contributed by atoms with van der Waals surface area (Å²) >= 11 is 4.82. The van der Waals surface area contributed by atoms with E-state index in [2.05, 4.69) is 5.32 Å². The Morgan fingerprint density at radius 2 is 1.91 bits per heavy atom. The number of phenolic OH excluding ortho intramolecular Hbond substituents is 1. The van der Waals surface area contributed by atoms with Gasteiger partial charge >= 0.3 is 11.9 Å². The summed E-state index contributed by atoms with van der Waals surface area (Å²) in [6, 6.07) is 7.07. The minimum absolute atomic E-state index is 0.137. The number of rotatable bonds is 5. The molecule has 32 heavy (non-hydrogen) atoms. The van der Waals surface area contributed by atoms with Gasteiger partial charge in [0.05, 0.1) is 18.1 Å². The Morgan fingerprint density at radius 1 is 1.28 bits per heavy atom. The molecular formula is C19H16F3N3O6S. The molecule has 1 heterocycles. The van der Waals surface area contributed by atoms with Crippen molar-refractivity contribution in [1.82, 2.24) is 10.6 Å². The number of phenols is 1. The second kappa shape index (κ2) is 8.24. The molecule has 3 unspecified atom stereocenters. The third-order valence-corrected chi connectivity index (χ3v) is 5.22. The number of Topliss-reactive ketones (excluding diaryl/α,β-unsaturated/α-hetero) is 1. The molecule has 0 radical (unpaired) electrons. The maximum Gasteiger partial charge on any atom is 0.437 e. The first-order chi connectivity index (χ1) is 14.9. The van der Waals surface area contributed by atoms with Gasteiger partial charge in [-0.05, 0) is 23.8 Å². The Morgan fingerprint density at radius 3 is 2.44 bits per heavy atom. The second-order valence-electron chi connectivity index (χ2n) is 6.90. The molecule has 13 heteroatoms. The predicted octanol–water partition coefficient (Wildman–Crippen LogP) is 2.58. The van der Waals surface area contributed by atoms with Gasteiger partial charge in [-0.25, -0.2) is 0 Å². The third kappa shape index (κ3) is 3.91. The van der Waals surface area contributed by atoms with E-state index in [0.717, 1.165) is 19.2 Å². The molecule has 0 aliphatic carbocycles. The lowest BCUT2D eigenvalue weighted by Crippen LogP contribution is -2.72. The van der Waals surface area contributed by atoms with Crippen molar-refractivity contribution >= 4 is 28.8 Å². The van der Waals surface area contributed by atoms with Crippen LogP contribution in [0.25, 0.3) is 0 Å². The van der Waals surface area contributed by atoms with Crippen LogP contribution in [-0.2, 0) is 0 Å². The number of ketones is 1. The van der Waals surface area contributed by atoms with Gasteiger partial charge in [0.1, 0.15) is 5.92 Å². The van der Waals surface area contributed by atoms with Crippen LogP contribution >= 0.6 is 12.2 Å². The molecule has 0 spiro atoms. The van der Waals surface area contributed by atoms with Gasteiger partial charge in [-0.2, -0.15) is 13.2 Å². The molecule has 4 N–H and O–H groups in total. The van der Waals surface area contributed by atoms with Gasteiger partial charge in [0.15, 0.2) is 16.6 Å². The molecule has 2 aromatic rings. The summed E-state index contributed by atoms with van der Waals surface area (Å²) in [6.45, 7) is 0. The van der Waals surface area contributed by atoms with Crippen LogP contribution in [0.15, 0.2) is 42.5 Å². The zero-order chi connectivity index (χ0) is 23.8. The molecule has 3 rings (SSSR count). The number of hydrogen-bond donors (Lipinski definition) is 4. The van der Waals surface area contributed by atoms with Crippen molar-refractivity contribution in [1.29, 1.82) is 0 Å². The van der Waals surface area contributed by atoms with Crippen LogP contribution in [0.5, 0.6) is 11.5 Å². The number of nitrogens with zero attached hydrogens (tertiary/aromatic N) is 1. The third-order valence-electron chi connectivity index (χ3n) is 5.00. The van der Waals surface area contributed by atoms with Gasteiger partial charge in [0.25, 0.3) is 0 Å². The minimum atomic E-state index is -5.36. The zero-order valence-electron chi connectivity index (χ0n) is 16.2. The molecule has 1 saturated heterocycles. The average Bonchev–Trinajstić information content (AvgIpc) is 2.72. The predicted molar refractivity (Wildman–Crippen MR) is 108 cm³/mol. The molecule has 0 saturated carbocycles. The number of hydrogen-bond acceptors (Lipinski definition) is 7. The first kappa shape index (κ1) is 23.2. The van der Waals surface area contributed by atoms with Crippen molar-refractivity contribution in [3.8, 4) is 11.5 Å². The SMILES string of the molecule is COc1cc(C2NC(=S)NC(O)(C(F)(F)F)C2C(=O)c2ccccc2)cc([N+](=O)[O-])c1O. The lowest BCUT2D eigenvalue weighted by molar-refractivity contribution is -0.386. The monoisotopic (exact) mass is 471 g/mol. The number of nitro groups is 1. The van der Waals surface area contributed by atoms with Crippen molar-refractivity contribution in [3.63, 3.8) is 0 Å². The highest BCUT2D eigenvalue weighted by atomic mass is 32.1. The molecule has 0 amide bonds. The highest BCUT2D eigenvalue weighted by Crippen LogP contribution is 2.46. The molecule has 1 fully saturated rings. The number of carbonyl (C=O) groups is 1. The number of carbonyl (C=O) groups excluding carboxylic acids is 1. The van der Waals surface area contributed by atoms with Gasteiger partial charge in [0.2, 0.25) is 11.5 Å². The Bertz CT molecular complexity index is 1080. The van der Waals surface area contributed by atoms with Crippen LogP contribution in [-0.4, -0.2) is 45.0 Å². The van der Waals surface area contributed by atoms with Crippen LogP contribution in [0.3, 0.4) is 0 Å². The number of nitrogens with one attached hydrogen (secondary N) is 2. The van der Waals surface area contributed by atoms with Crippen LogP contribution in [0.2, 0.25) is 0 Å². The largest absolute Gasteiger partial charge is 0.500 e. The van der Waals surface area contributed by atoms with Crippen LogP contribution < -0.4 is 15.4 Å². The lowest BCUT2D eigenvalue weighted by atomic mass is 9.77. The highest BCUT2D eigenvalue weighted by molar-refractivity contribution is 7.80. The number of aromatic hydroxyl groups is 1. The van der Waals surface area contributed by atoms with Gasteiger partial charge in [0, 0.05) is 11.6 Å². The van der Waals surface area contributed by atoms with Crippen molar-refractivity contribution in [2.24, 2.45) is 5.92 Å². The van der Waals surface area contributed by atoms with Gasteiger partial charge < -0.3 is 25.6 Å². The molecule has 2 aromatic carbocycles. The summed E-state index contributed by atoms with van der Waals surface area (Å²) in [6.07, 6.45) is -5.36. The Balaban J connectivity index is 2.26. The van der Waals surface area contributed by atoms with E-state index in [1.54, 1.807) is 11.4 Å². The molecular weight excluding hydrogens is 455 g/mol. The summed E-state index contributed by atoms with van der Waals surface area (Å²) in [7, 11) is 1.09. The Hall–Kier alpha value is -3.45. The number of halogens is 3. The Kier molecular flexibility index (Phi) is 5.98. The average molecular weight is 471 g/mol. The van der Waals surface area contributed by atoms with E-state index in [0.29, 0.717) is 0 Å². The van der Waals surface area contributed by atoms with Crippen LogP contribution in [0.4, 0.5) is 18.9 Å². The first-order valence-electron chi connectivity index (χ1n) is 8.93. The summed E-state index contributed by atoms with van der Waals surface area (Å²) < 4.78 is 46.9. The standard InChI is InChI=1S/C19H16F3N3O6S/c1-31-12-8-10(7-11(16(12)27)25(29)30)14-13(15(26)9-5-3-2-4-6-9)18(28,19(20,21)22)24-17(32)23-14/h2-8,13-14,27-28H,1H3,(H2,23,24,32). The number of benzene rings is 2.